The lowest BCUT2D eigenvalue weighted by molar-refractivity contribution is -0.121. The van der Waals surface area contributed by atoms with E-state index in [0.29, 0.717) is 17.3 Å². The van der Waals surface area contributed by atoms with Crippen LogP contribution in [0.5, 0.6) is 0 Å². The van der Waals surface area contributed by atoms with Crippen LogP contribution in [0.1, 0.15) is 31.2 Å². The second-order valence-corrected chi connectivity index (χ2v) is 5.60. The Morgan fingerprint density at radius 2 is 2.05 bits per heavy atom. The van der Waals surface area contributed by atoms with Gasteiger partial charge in [0.25, 0.3) is 0 Å². The zero-order chi connectivity index (χ0) is 13.7. The van der Waals surface area contributed by atoms with Crippen LogP contribution in [0, 0.1) is 5.92 Å². The molecule has 1 aliphatic carbocycles. The number of benzene rings is 1. The van der Waals surface area contributed by atoms with Crippen LogP contribution >= 0.6 is 12.2 Å². The predicted octanol–water partition coefficient (Wildman–Crippen LogP) is 2.19. The number of nitrogens with two attached hydrogens (primary N) is 1. The van der Waals surface area contributed by atoms with Crippen LogP contribution < -0.4 is 11.1 Å². The van der Waals surface area contributed by atoms with Crippen molar-refractivity contribution in [1.29, 1.82) is 0 Å². The predicted molar refractivity (Wildman–Crippen MR) is 80.8 cm³/mol. The van der Waals surface area contributed by atoms with E-state index in [1.807, 2.05) is 18.2 Å². The van der Waals surface area contributed by atoms with Gasteiger partial charge in [0.2, 0.25) is 5.91 Å². The van der Waals surface area contributed by atoms with Gasteiger partial charge in [-0.1, -0.05) is 42.5 Å². The third-order valence-corrected chi connectivity index (χ3v) is 3.68. The topological polar surface area (TPSA) is 55.1 Å². The number of rotatable bonds is 7. The van der Waals surface area contributed by atoms with Crippen LogP contribution in [0.25, 0.3) is 0 Å². The highest BCUT2D eigenvalue weighted by Gasteiger charge is 2.33. The Bertz CT molecular complexity index is 443. The number of aryl methyl sites for hydroxylation is 1. The number of amides is 1. The number of carbonyl (C=O) groups is 1. The van der Waals surface area contributed by atoms with Crippen LogP contribution in [0.3, 0.4) is 0 Å². The lowest BCUT2D eigenvalue weighted by Gasteiger charge is -2.16. The number of carbonyl (C=O) groups excluding carboxylic acids is 1. The van der Waals surface area contributed by atoms with E-state index < -0.39 is 0 Å². The molecule has 1 unspecified atom stereocenters. The van der Waals surface area contributed by atoms with Crippen molar-refractivity contribution in [3.8, 4) is 0 Å². The Balaban J connectivity index is 1.71. The molecule has 1 aromatic carbocycles. The average molecular weight is 276 g/mol. The fourth-order valence-electron chi connectivity index (χ4n) is 2.19. The van der Waals surface area contributed by atoms with Crippen molar-refractivity contribution in [2.75, 3.05) is 0 Å². The number of thiocarbonyl (C=S) groups is 1. The van der Waals surface area contributed by atoms with E-state index >= 15 is 0 Å². The van der Waals surface area contributed by atoms with E-state index in [2.05, 4.69) is 17.4 Å². The van der Waals surface area contributed by atoms with E-state index in [0.717, 1.165) is 25.7 Å². The smallest absolute Gasteiger partial charge is 0.220 e. The molecule has 0 aliphatic heterocycles. The molecule has 2 rings (SSSR count). The van der Waals surface area contributed by atoms with E-state index in [9.17, 15) is 4.79 Å². The van der Waals surface area contributed by atoms with Crippen LogP contribution in [0.2, 0.25) is 0 Å². The molecule has 0 aromatic heterocycles. The van der Waals surface area contributed by atoms with Crippen molar-refractivity contribution >= 4 is 23.1 Å². The highest BCUT2D eigenvalue weighted by Crippen LogP contribution is 2.32. The summed E-state index contributed by atoms with van der Waals surface area (Å²) in [5.74, 6) is 0.524. The summed E-state index contributed by atoms with van der Waals surface area (Å²) in [6, 6.07) is 10.1. The molecule has 1 saturated carbocycles. The zero-order valence-electron chi connectivity index (χ0n) is 11.0. The second-order valence-electron chi connectivity index (χ2n) is 5.12. The van der Waals surface area contributed by atoms with Crippen molar-refractivity contribution in [3.63, 3.8) is 0 Å². The first-order valence-electron chi connectivity index (χ1n) is 6.79. The zero-order valence-corrected chi connectivity index (χ0v) is 11.8. The second kappa shape index (κ2) is 6.66. The van der Waals surface area contributed by atoms with Gasteiger partial charge < -0.3 is 11.1 Å². The molecule has 1 amide bonds. The first kappa shape index (κ1) is 14.0. The van der Waals surface area contributed by atoms with Crippen molar-refractivity contribution in [2.24, 2.45) is 11.7 Å². The van der Waals surface area contributed by atoms with Gasteiger partial charge >= 0.3 is 0 Å². The Kier molecular flexibility index (Phi) is 4.91. The summed E-state index contributed by atoms with van der Waals surface area (Å²) in [4.78, 5) is 12.3. The third kappa shape index (κ3) is 4.63. The molecule has 1 aliphatic rings. The fourth-order valence-corrected chi connectivity index (χ4v) is 2.45. The summed E-state index contributed by atoms with van der Waals surface area (Å²) in [7, 11) is 0. The molecule has 0 spiro atoms. The average Bonchev–Trinajstić information content (AvgIpc) is 3.21. The maximum atomic E-state index is 11.9. The molecule has 3 nitrogen and oxygen atoms in total. The molecule has 19 heavy (non-hydrogen) atoms. The molecule has 102 valence electrons. The molecule has 1 atom stereocenters. The molecular weight excluding hydrogens is 256 g/mol. The van der Waals surface area contributed by atoms with Crippen LogP contribution in [0.15, 0.2) is 30.3 Å². The quantitative estimate of drug-likeness (QED) is 0.751. The summed E-state index contributed by atoms with van der Waals surface area (Å²) in [6.07, 6.45) is 4.54. The van der Waals surface area contributed by atoms with E-state index in [-0.39, 0.29) is 11.9 Å². The number of hydrogen-bond acceptors (Lipinski definition) is 2. The summed E-state index contributed by atoms with van der Waals surface area (Å²) in [6.45, 7) is 0. The van der Waals surface area contributed by atoms with Gasteiger partial charge in [0.1, 0.15) is 0 Å². The molecule has 0 bridgehead atoms. The van der Waals surface area contributed by atoms with Gasteiger partial charge in [0.05, 0.1) is 11.0 Å². The molecule has 4 heteroatoms. The summed E-state index contributed by atoms with van der Waals surface area (Å²) in [5, 5.41) is 2.96. The minimum Gasteiger partial charge on any atom is -0.392 e. The Morgan fingerprint density at radius 1 is 1.37 bits per heavy atom. The summed E-state index contributed by atoms with van der Waals surface area (Å²) in [5.41, 5.74) is 6.93. The normalized spacial score (nSPS) is 15.8. The molecular formula is C15H20N2OS. The SMILES string of the molecule is NC(=S)C(NC(=O)CCCc1ccccc1)C1CC1. The highest BCUT2D eigenvalue weighted by molar-refractivity contribution is 7.80. The van der Waals surface area contributed by atoms with Gasteiger partial charge in [0, 0.05) is 6.42 Å². The van der Waals surface area contributed by atoms with Crippen LogP contribution in [0.4, 0.5) is 0 Å². The molecule has 0 saturated heterocycles. The monoisotopic (exact) mass is 276 g/mol. The lowest BCUT2D eigenvalue weighted by Crippen LogP contribution is -2.44. The van der Waals surface area contributed by atoms with Crippen molar-refractivity contribution in [3.05, 3.63) is 35.9 Å². The highest BCUT2D eigenvalue weighted by atomic mass is 32.1. The number of hydrogen-bond donors (Lipinski definition) is 2. The van der Waals surface area contributed by atoms with Gasteiger partial charge in [-0.2, -0.15) is 0 Å². The maximum absolute atomic E-state index is 11.9. The summed E-state index contributed by atoms with van der Waals surface area (Å²) < 4.78 is 0. The van der Waals surface area contributed by atoms with Gasteiger partial charge in [-0.15, -0.1) is 0 Å². The molecule has 0 radical (unpaired) electrons. The molecule has 1 aromatic rings. The maximum Gasteiger partial charge on any atom is 0.220 e. The van der Waals surface area contributed by atoms with Gasteiger partial charge in [-0.25, -0.2) is 0 Å². The van der Waals surface area contributed by atoms with E-state index in [4.69, 9.17) is 18.0 Å². The molecule has 0 heterocycles. The largest absolute Gasteiger partial charge is 0.392 e. The number of nitrogens with one attached hydrogen (secondary N) is 1. The van der Waals surface area contributed by atoms with Crippen molar-refractivity contribution in [1.82, 2.24) is 5.32 Å². The van der Waals surface area contributed by atoms with Crippen LogP contribution in [-0.4, -0.2) is 16.9 Å². The Labute approximate surface area is 119 Å². The van der Waals surface area contributed by atoms with Gasteiger partial charge in [-0.3, -0.25) is 4.79 Å². The van der Waals surface area contributed by atoms with E-state index in [1.165, 1.54) is 5.56 Å². The first-order valence-corrected chi connectivity index (χ1v) is 7.20. The standard InChI is InChI=1S/C15H20N2OS/c16-15(19)14(12-9-10-12)17-13(18)8-4-7-11-5-2-1-3-6-11/h1-3,5-6,12,14H,4,7-10H2,(H2,16,19)(H,17,18). The van der Waals surface area contributed by atoms with Crippen LogP contribution in [-0.2, 0) is 11.2 Å². The lowest BCUT2D eigenvalue weighted by atomic mass is 10.1. The fraction of sp³-hybridized carbons (Fsp3) is 0.467. The molecule has 3 N–H and O–H groups in total. The minimum atomic E-state index is -0.0979. The third-order valence-electron chi connectivity index (χ3n) is 3.43. The van der Waals surface area contributed by atoms with Crippen molar-refractivity contribution in [2.45, 2.75) is 38.1 Å². The Hall–Kier alpha value is -1.42. The van der Waals surface area contributed by atoms with Crippen molar-refractivity contribution < 1.29 is 4.79 Å². The minimum absolute atomic E-state index is 0.0561. The van der Waals surface area contributed by atoms with Gasteiger partial charge in [0.15, 0.2) is 0 Å². The first-order chi connectivity index (χ1) is 9.16. The van der Waals surface area contributed by atoms with E-state index in [1.54, 1.807) is 0 Å². The Morgan fingerprint density at radius 3 is 2.63 bits per heavy atom. The summed E-state index contributed by atoms with van der Waals surface area (Å²) >= 11 is 5.00. The molecule has 1 fully saturated rings. The van der Waals surface area contributed by atoms with Gasteiger partial charge in [-0.05, 0) is 37.2 Å².